The lowest BCUT2D eigenvalue weighted by Gasteiger charge is -2.33. The molecule has 0 amide bonds. The van der Waals surface area contributed by atoms with E-state index in [0.717, 1.165) is 29.0 Å². The Morgan fingerprint density at radius 3 is 2.66 bits per heavy atom. The molecule has 0 bridgehead atoms. The van der Waals surface area contributed by atoms with Gasteiger partial charge >= 0.3 is 0 Å². The molecule has 2 aromatic rings. The highest BCUT2D eigenvalue weighted by atomic mass is 32.1. The summed E-state index contributed by atoms with van der Waals surface area (Å²) in [6.07, 6.45) is 0.806. The minimum atomic E-state index is -0.415. The van der Waals surface area contributed by atoms with Gasteiger partial charge in [0, 0.05) is 19.5 Å². The molecule has 29 heavy (non-hydrogen) atoms. The van der Waals surface area contributed by atoms with Crippen molar-refractivity contribution >= 4 is 12.2 Å². The Balaban J connectivity index is 2.06. The molecule has 8 nitrogen and oxygen atoms in total. The Morgan fingerprint density at radius 2 is 2.00 bits per heavy atom. The van der Waals surface area contributed by atoms with E-state index >= 15 is 0 Å². The first kappa shape index (κ1) is 19.8. The second-order valence-corrected chi connectivity index (χ2v) is 7.67. The molecule has 4 rings (SSSR count). The number of fused-ring (bicyclic) bond motifs is 2. The molecule has 2 N–H and O–H groups in total. The van der Waals surface area contributed by atoms with Gasteiger partial charge in [0.25, 0.3) is 5.56 Å². The van der Waals surface area contributed by atoms with Crippen molar-refractivity contribution in [2.75, 3.05) is 27.5 Å². The largest absolute Gasteiger partial charge is 0.494 e. The number of aromatic hydroxyl groups is 1. The molecule has 3 heterocycles. The summed E-state index contributed by atoms with van der Waals surface area (Å²) in [7, 11) is 3.60. The van der Waals surface area contributed by atoms with E-state index in [-0.39, 0.29) is 18.2 Å². The van der Waals surface area contributed by atoms with Crippen molar-refractivity contribution in [1.82, 2.24) is 9.13 Å². The summed E-state index contributed by atoms with van der Waals surface area (Å²) >= 11 is 5.45. The summed E-state index contributed by atoms with van der Waals surface area (Å²) < 4.78 is 20.4. The zero-order chi connectivity index (χ0) is 20.9. The van der Waals surface area contributed by atoms with Crippen LogP contribution in [0.2, 0.25) is 0 Å². The first-order valence-electron chi connectivity index (χ1n) is 9.82. The third-order valence-electron chi connectivity index (χ3n) is 5.87. The predicted octanol–water partition coefficient (Wildman–Crippen LogP) is 1.02. The van der Waals surface area contributed by atoms with Crippen LogP contribution in [-0.2, 0) is 19.5 Å². The summed E-state index contributed by atoms with van der Waals surface area (Å²) in [4.78, 5) is 14.5. The Labute approximate surface area is 173 Å². The van der Waals surface area contributed by atoms with Crippen LogP contribution >= 0.6 is 12.2 Å². The number of hydrogen-bond donors (Lipinski definition) is 2. The molecule has 1 unspecified atom stereocenters. The van der Waals surface area contributed by atoms with Gasteiger partial charge < -0.3 is 24.2 Å². The third-order valence-corrected chi connectivity index (χ3v) is 6.31. The van der Waals surface area contributed by atoms with Crippen molar-refractivity contribution < 1.29 is 24.2 Å². The van der Waals surface area contributed by atoms with E-state index in [1.165, 1.54) is 4.57 Å². The van der Waals surface area contributed by atoms with E-state index in [1.807, 2.05) is 27.0 Å². The molecule has 0 fully saturated rings. The maximum Gasteiger partial charge on any atom is 0.267 e. The molecule has 2 aliphatic heterocycles. The van der Waals surface area contributed by atoms with E-state index in [2.05, 4.69) is 0 Å². The molecule has 0 spiro atoms. The van der Waals surface area contributed by atoms with E-state index in [4.69, 9.17) is 26.4 Å². The Bertz CT molecular complexity index is 1090. The van der Waals surface area contributed by atoms with Gasteiger partial charge in [0.15, 0.2) is 22.3 Å². The van der Waals surface area contributed by atoms with Gasteiger partial charge in [-0.2, -0.15) is 0 Å². The first-order valence-corrected chi connectivity index (χ1v) is 10.2. The number of benzene rings is 1. The van der Waals surface area contributed by atoms with Gasteiger partial charge in [-0.3, -0.25) is 13.9 Å². The van der Waals surface area contributed by atoms with E-state index in [9.17, 15) is 9.90 Å². The van der Waals surface area contributed by atoms with E-state index in [1.54, 1.807) is 11.7 Å². The molecule has 2 aliphatic rings. The lowest BCUT2D eigenvalue weighted by molar-refractivity contribution is -0.908. The molecule has 9 heteroatoms. The highest BCUT2D eigenvalue weighted by Gasteiger charge is 2.41. The van der Waals surface area contributed by atoms with Crippen LogP contribution in [0.1, 0.15) is 36.6 Å². The Kier molecular flexibility index (Phi) is 5.04. The SMILES string of the molecule is CCn1c(O)c([C@H]2c3c(cc4c(c3OC)OCO4)CC[NH+]2C)c(=O)n(CC)c1=S. The second kappa shape index (κ2) is 7.38. The van der Waals surface area contributed by atoms with Crippen LogP contribution in [0.15, 0.2) is 10.9 Å². The van der Waals surface area contributed by atoms with Crippen LogP contribution in [0, 0.1) is 4.77 Å². The standard InChI is InChI=1S/C20H25N3O5S/c1-5-22-18(24)14(19(25)23(6-2)20(22)29)15-13-11(7-8-21(15)3)9-12-16(17(13)26-4)28-10-27-12/h9,15,24H,5-8,10H2,1-4H3/p+1/t15-/m1/s1. The third kappa shape index (κ3) is 2.83. The second-order valence-electron chi connectivity index (χ2n) is 7.31. The number of nitrogens with zero attached hydrogens (tertiary/aromatic N) is 2. The lowest BCUT2D eigenvalue weighted by Crippen LogP contribution is -3.10. The summed E-state index contributed by atoms with van der Waals surface area (Å²) in [6.45, 7) is 5.61. The minimum absolute atomic E-state index is 0.0795. The number of methoxy groups -OCH3 is 1. The van der Waals surface area contributed by atoms with Crippen molar-refractivity contribution in [1.29, 1.82) is 0 Å². The molecule has 156 valence electrons. The van der Waals surface area contributed by atoms with Crippen LogP contribution in [0.4, 0.5) is 0 Å². The number of likely N-dealkylation sites (N-methyl/N-ethyl adjacent to an activating group) is 1. The van der Waals surface area contributed by atoms with E-state index < -0.39 is 6.04 Å². The highest BCUT2D eigenvalue weighted by molar-refractivity contribution is 7.71. The molecule has 0 aliphatic carbocycles. The predicted molar refractivity (Wildman–Crippen MR) is 109 cm³/mol. The van der Waals surface area contributed by atoms with Crippen molar-refractivity contribution in [3.05, 3.63) is 37.9 Å². The van der Waals surface area contributed by atoms with Gasteiger partial charge in [-0.25, -0.2) is 0 Å². The summed E-state index contributed by atoms with van der Waals surface area (Å²) in [5, 5.41) is 11.1. The average molecular weight is 421 g/mol. The summed E-state index contributed by atoms with van der Waals surface area (Å²) in [5.74, 6) is 1.68. The molecule has 0 saturated heterocycles. The molecular formula is C20H26N3O5S+. The van der Waals surface area contributed by atoms with Crippen molar-refractivity contribution in [2.45, 2.75) is 39.4 Å². The summed E-state index contributed by atoms with van der Waals surface area (Å²) in [6, 6.07) is 1.55. The number of rotatable bonds is 4. The van der Waals surface area contributed by atoms with Gasteiger partial charge in [0.05, 0.1) is 26.3 Å². The molecule has 2 atom stereocenters. The van der Waals surface area contributed by atoms with Gasteiger partial charge in [-0.15, -0.1) is 0 Å². The number of hydrogen-bond acceptors (Lipinski definition) is 6. The number of quaternary nitrogens is 1. The monoisotopic (exact) mass is 420 g/mol. The molecule has 0 saturated carbocycles. The van der Waals surface area contributed by atoms with Gasteiger partial charge in [-0.05, 0) is 37.7 Å². The highest BCUT2D eigenvalue weighted by Crippen LogP contribution is 2.48. The molecule has 1 aromatic heterocycles. The fraction of sp³-hybridized carbons (Fsp3) is 0.500. The smallest absolute Gasteiger partial charge is 0.267 e. The van der Waals surface area contributed by atoms with Crippen molar-refractivity contribution in [3.63, 3.8) is 0 Å². The normalized spacial score (nSPS) is 19.9. The zero-order valence-corrected chi connectivity index (χ0v) is 17.9. The maximum atomic E-state index is 13.4. The lowest BCUT2D eigenvalue weighted by atomic mass is 9.87. The first-order chi connectivity index (χ1) is 13.9. The van der Waals surface area contributed by atoms with Crippen molar-refractivity contribution in [2.24, 2.45) is 0 Å². The van der Waals surface area contributed by atoms with Crippen LogP contribution < -0.4 is 24.7 Å². The molecule has 1 aromatic carbocycles. The van der Waals surface area contributed by atoms with Gasteiger partial charge in [0.1, 0.15) is 5.56 Å². The van der Waals surface area contributed by atoms with Gasteiger partial charge in [-0.1, -0.05) is 0 Å². The molecular weight excluding hydrogens is 394 g/mol. The van der Waals surface area contributed by atoms with Crippen LogP contribution in [-0.4, -0.2) is 41.7 Å². The molecule has 0 radical (unpaired) electrons. The number of aromatic nitrogens is 2. The maximum absolute atomic E-state index is 13.4. The van der Waals surface area contributed by atoms with Crippen LogP contribution in [0.3, 0.4) is 0 Å². The number of ether oxygens (including phenoxy) is 3. The average Bonchev–Trinajstić information content (AvgIpc) is 3.17. The van der Waals surface area contributed by atoms with Crippen LogP contribution in [0.25, 0.3) is 0 Å². The Hall–Kier alpha value is -2.52. The van der Waals surface area contributed by atoms with E-state index in [0.29, 0.717) is 40.7 Å². The van der Waals surface area contributed by atoms with Crippen LogP contribution in [0.5, 0.6) is 23.1 Å². The fourth-order valence-corrected chi connectivity index (χ4v) is 4.87. The quantitative estimate of drug-likeness (QED) is 0.720. The fourth-order valence-electron chi connectivity index (χ4n) is 4.44. The van der Waals surface area contributed by atoms with Crippen molar-refractivity contribution in [3.8, 4) is 23.1 Å². The van der Waals surface area contributed by atoms with Gasteiger partial charge in [0.2, 0.25) is 18.4 Å². The zero-order valence-electron chi connectivity index (χ0n) is 17.1. The topological polar surface area (TPSA) is 79.3 Å². The minimum Gasteiger partial charge on any atom is -0.494 e. The summed E-state index contributed by atoms with van der Waals surface area (Å²) in [5.41, 5.74) is 1.96. The Morgan fingerprint density at radius 1 is 1.28 bits per heavy atom. The number of nitrogens with one attached hydrogen (secondary N) is 1.